The molecule has 4 rings (SSSR count). The standard InChI is InChI=1S/C24H17BrClNO2/c25-21-11-5-8-17-18(21)9-4-10-19(17)24(29)27-22-13-12-16(26)14-20(22)23(28)15-6-2-1-3-7-15/h1-14,23,28H,(H,27,29)/t23-/m1/s1. The molecule has 0 aliphatic carbocycles. The van der Waals surface area contributed by atoms with E-state index in [9.17, 15) is 9.90 Å². The van der Waals surface area contributed by atoms with Gasteiger partial charge in [0, 0.05) is 26.3 Å². The second-order valence-corrected chi connectivity index (χ2v) is 7.93. The number of rotatable bonds is 4. The van der Waals surface area contributed by atoms with Gasteiger partial charge in [-0.2, -0.15) is 0 Å². The van der Waals surface area contributed by atoms with Crippen LogP contribution < -0.4 is 5.32 Å². The molecule has 29 heavy (non-hydrogen) atoms. The lowest BCUT2D eigenvalue weighted by Gasteiger charge is -2.18. The molecule has 0 aliphatic heterocycles. The van der Waals surface area contributed by atoms with Gasteiger partial charge < -0.3 is 10.4 Å². The topological polar surface area (TPSA) is 49.3 Å². The van der Waals surface area contributed by atoms with Crippen LogP contribution in [0.5, 0.6) is 0 Å². The molecule has 0 fully saturated rings. The second kappa shape index (κ2) is 8.37. The Balaban J connectivity index is 1.72. The van der Waals surface area contributed by atoms with Gasteiger partial charge in [0.25, 0.3) is 5.91 Å². The molecule has 4 aromatic rings. The Morgan fingerprint density at radius 3 is 2.41 bits per heavy atom. The summed E-state index contributed by atoms with van der Waals surface area (Å²) in [7, 11) is 0. The molecule has 1 amide bonds. The van der Waals surface area contributed by atoms with Crippen LogP contribution in [0.3, 0.4) is 0 Å². The average molecular weight is 467 g/mol. The summed E-state index contributed by atoms with van der Waals surface area (Å²) in [6, 6.07) is 25.7. The number of hydrogen-bond donors (Lipinski definition) is 2. The number of anilines is 1. The van der Waals surface area contributed by atoms with Crippen molar-refractivity contribution >= 4 is 49.9 Å². The van der Waals surface area contributed by atoms with Gasteiger partial charge in [-0.3, -0.25) is 4.79 Å². The van der Waals surface area contributed by atoms with E-state index >= 15 is 0 Å². The van der Waals surface area contributed by atoms with Gasteiger partial charge in [-0.25, -0.2) is 0 Å². The number of carbonyl (C=O) groups is 1. The maximum Gasteiger partial charge on any atom is 0.256 e. The van der Waals surface area contributed by atoms with Crippen molar-refractivity contribution in [3.63, 3.8) is 0 Å². The third kappa shape index (κ3) is 4.06. The fourth-order valence-electron chi connectivity index (χ4n) is 3.35. The van der Waals surface area contributed by atoms with Crippen molar-refractivity contribution in [2.45, 2.75) is 6.10 Å². The van der Waals surface area contributed by atoms with Gasteiger partial charge in [0.2, 0.25) is 0 Å². The average Bonchev–Trinajstić information content (AvgIpc) is 2.75. The van der Waals surface area contributed by atoms with Crippen LogP contribution in [0.2, 0.25) is 5.02 Å². The number of aliphatic hydroxyl groups excluding tert-OH is 1. The largest absolute Gasteiger partial charge is 0.384 e. The SMILES string of the molecule is O=C(Nc1ccc(Cl)cc1[C@H](O)c1ccccc1)c1cccc2c(Br)cccc12. The lowest BCUT2D eigenvalue weighted by Crippen LogP contribution is -2.15. The highest BCUT2D eigenvalue weighted by Crippen LogP contribution is 2.32. The highest BCUT2D eigenvalue weighted by atomic mass is 79.9. The molecule has 0 saturated carbocycles. The minimum atomic E-state index is -0.910. The minimum absolute atomic E-state index is 0.252. The number of aliphatic hydroxyl groups is 1. The van der Waals surface area contributed by atoms with E-state index in [2.05, 4.69) is 21.2 Å². The number of nitrogens with one attached hydrogen (secondary N) is 1. The van der Waals surface area contributed by atoms with E-state index in [1.807, 2.05) is 60.7 Å². The summed E-state index contributed by atoms with van der Waals surface area (Å²) in [5.41, 5.74) is 2.33. The van der Waals surface area contributed by atoms with E-state index in [0.29, 0.717) is 21.8 Å². The van der Waals surface area contributed by atoms with Crippen molar-refractivity contribution in [3.05, 3.63) is 111 Å². The van der Waals surface area contributed by atoms with E-state index in [1.165, 1.54) is 0 Å². The predicted octanol–water partition coefficient (Wildman–Crippen LogP) is 6.59. The Labute approximate surface area is 182 Å². The van der Waals surface area contributed by atoms with Crippen LogP contribution in [0.15, 0.2) is 89.4 Å². The monoisotopic (exact) mass is 465 g/mol. The zero-order chi connectivity index (χ0) is 20.4. The predicted molar refractivity (Wildman–Crippen MR) is 122 cm³/mol. The number of fused-ring (bicyclic) bond motifs is 1. The van der Waals surface area contributed by atoms with E-state index in [4.69, 9.17) is 11.6 Å². The molecule has 0 spiro atoms. The van der Waals surface area contributed by atoms with Gasteiger partial charge in [-0.05, 0) is 46.7 Å². The Hall–Kier alpha value is -2.66. The fraction of sp³-hybridized carbons (Fsp3) is 0.0417. The number of carbonyl (C=O) groups excluding carboxylic acids is 1. The zero-order valence-electron chi connectivity index (χ0n) is 15.3. The first kappa shape index (κ1) is 19.6. The van der Waals surface area contributed by atoms with E-state index in [0.717, 1.165) is 20.8 Å². The Morgan fingerprint density at radius 1 is 0.897 bits per heavy atom. The van der Waals surface area contributed by atoms with Crippen LogP contribution in [-0.2, 0) is 0 Å². The smallest absolute Gasteiger partial charge is 0.256 e. The molecule has 4 aromatic carbocycles. The summed E-state index contributed by atoms with van der Waals surface area (Å²) < 4.78 is 0.927. The van der Waals surface area contributed by atoms with Crippen LogP contribution in [-0.4, -0.2) is 11.0 Å². The van der Waals surface area contributed by atoms with Crippen molar-refractivity contribution in [1.29, 1.82) is 0 Å². The molecule has 0 bridgehead atoms. The Bertz CT molecular complexity index is 1190. The molecule has 3 nitrogen and oxygen atoms in total. The summed E-state index contributed by atoms with van der Waals surface area (Å²) in [4.78, 5) is 13.1. The summed E-state index contributed by atoms with van der Waals surface area (Å²) in [6.45, 7) is 0. The molecule has 0 radical (unpaired) electrons. The summed E-state index contributed by atoms with van der Waals surface area (Å²) >= 11 is 9.70. The lowest BCUT2D eigenvalue weighted by molar-refractivity contribution is 0.102. The van der Waals surface area contributed by atoms with E-state index < -0.39 is 6.10 Å². The molecule has 1 atom stereocenters. The highest BCUT2D eigenvalue weighted by Gasteiger charge is 2.18. The first-order valence-electron chi connectivity index (χ1n) is 9.05. The van der Waals surface area contributed by atoms with Crippen LogP contribution in [0.25, 0.3) is 10.8 Å². The van der Waals surface area contributed by atoms with Crippen molar-refractivity contribution in [2.24, 2.45) is 0 Å². The van der Waals surface area contributed by atoms with Crippen LogP contribution in [0.4, 0.5) is 5.69 Å². The van der Waals surface area contributed by atoms with E-state index in [1.54, 1.807) is 24.3 Å². The number of amides is 1. The first-order valence-corrected chi connectivity index (χ1v) is 10.2. The second-order valence-electron chi connectivity index (χ2n) is 6.64. The molecule has 0 saturated heterocycles. The quantitative estimate of drug-likeness (QED) is 0.356. The number of benzene rings is 4. The van der Waals surface area contributed by atoms with Crippen molar-refractivity contribution in [2.75, 3.05) is 5.32 Å². The number of halogens is 2. The van der Waals surface area contributed by atoms with Crippen molar-refractivity contribution in [3.8, 4) is 0 Å². The maximum absolute atomic E-state index is 13.1. The lowest BCUT2D eigenvalue weighted by atomic mass is 9.99. The minimum Gasteiger partial charge on any atom is -0.384 e. The highest BCUT2D eigenvalue weighted by molar-refractivity contribution is 9.10. The molecular weight excluding hydrogens is 450 g/mol. The molecule has 5 heteroatoms. The molecule has 0 unspecified atom stereocenters. The van der Waals surface area contributed by atoms with Gasteiger partial charge in [-0.1, -0.05) is 82.1 Å². The van der Waals surface area contributed by atoms with Crippen LogP contribution in [0, 0.1) is 0 Å². The van der Waals surface area contributed by atoms with E-state index in [-0.39, 0.29) is 5.91 Å². The first-order chi connectivity index (χ1) is 14.0. The Kier molecular flexibility index (Phi) is 5.67. The molecule has 2 N–H and O–H groups in total. The van der Waals surface area contributed by atoms with Crippen molar-refractivity contribution in [1.82, 2.24) is 0 Å². The van der Waals surface area contributed by atoms with Gasteiger partial charge in [0.15, 0.2) is 0 Å². The molecule has 144 valence electrons. The molecule has 0 heterocycles. The molecular formula is C24H17BrClNO2. The summed E-state index contributed by atoms with van der Waals surface area (Å²) in [5.74, 6) is -0.252. The van der Waals surface area contributed by atoms with Gasteiger partial charge >= 0.3 is 0 Å². The summed E-state index contributed by atoms with van der Waals surface area (Å²) in [6.07, 6.45) is -0.910. The van der Waals surface area contributed by atoms with Crippen LogP contribution in [0.1, 0.15) is 27.6 Å². The molecule has 0 aromatic heterocycles. The Morgan fingerprint density at radius 2 is 1.62 bits per heavy atom. The fourth-order valence-corrected chi connectivity index (χ4v) is 4.03. The number of hydrogen-bond acceptors (Lipinski definition) is 2. The van der Waals surface area contributed by atoms with Gasteiger partial charge in [0.1, 0.15) is 6.10 Å². The molecule has 0 aliphatic rings. The van der Waals surface area contributed by atoms with Crippen molar-refractivity contribution < 1.29 is 9.90 Å². The van der Waals surface area contributed by atoms with Gasteiger partial charge in [-0.15, -0.1) is 0 Å². The third-order valence-electron chi connectivity index (χ3n) is 4.79. The third-order valence-corrected chi connectivity index (χ3v) is 5.71. The van der Waals surface area contributed by atoms with Crippen LogP contribution >= 0.6 is 27.5 Å². The van der Waals surface area contributed by atoms with Gasteiger partial charge in [0.05, 0.1) is 0 Å². The normalized spacial score (nSPS) is 12.0. The maximum atomic E-state index is 13.1. The summed E-state index contributed by atoms with van der Waals surface area (Å²) in [5, 5.41) is 16.1. The zero-order valence-corrected chi connectivity index (χ0v) is 17.6.